The summed E-state index contributed by atoms with van der Waals surface area (Å²) in [6.07, 6.45) is 0. The minimum atomic E-state index is -0.212. The van der Waals surface area contributed by atoms with Crippen molar-refractivity contribution in [2.24, 2.45) is 0 Å². The van der Waals surface area contributed by atoms with Crippen LogP contribution in [-0.2, 0) is 0 Å². The minimum absolute atomic E-state index is 0.186. The zero-order valence-corrected chi connectivity index (χ0v) is 12.8. The third-order valence-corrected chi connectivity index (χ3v) is 3.77. The lowest BCUT2D eigenvalue weighted by Gasteiger charge is -2.07. The van der Waals surface area contributed by atoms with Crippen molar-refractivity contribution in [3.8, 4) is 22.9 Å². The Bertz CT molecular complexity index is 1040. The number of nitrogens with zero attached hydrogens (tertiary/aromatic N) is 1. The summed E-state index contributed by atoms with van der Waals surface area (Å²) in [6, 6.07) is 25.1. The summed E-state index contributed by atoms with van der Waals surface area (Å²) in [5.74, 6) is 0.619. The number of fused-ring (bicyclic) bond motifs is 1. The third kappa shape index (κ3) is 2.77. The Balaban J connectivity index is 1.63. The van der Waals surface area contributed by atoms with Crippen LogP contribution < -0.4 is 10.3 Å². The molecular weight excluding hydrogens is 300 g/mol. The van der Waals surface area contributed by atoms with Gasteiger partial charge in [0, 0.05) is 0 Å². The van der Waals surface area contributed by atoms with Crippen molar-refractivity contribution in [3.05, 3.63) is 89.2 Å². The molecule has 0 atom stereocenters. The van der Waals surface area contributed by atoms with Gasteiger partial charge in [-0.1, -0.05) is 54.6 Å². The Labute approximate surface area is 138 Å². The molecule has 0 radical (unpaired) electrons. The number of aromatic amines is 1. The first-order chi connectivity index (χ1) is 11.8. The van der Waals surface area contributed by atoms with E-state index in [1.165, 1.54) is 0 Å². The summed E-state index contributed by atoms with van der Waals surface area (Å²) in [4.78, 5) is 19.0. The van der Waals surface area contributed by atoms with E-state index in [-0.39, 0.29) is 11.6 Å². The molecule has 0 spiro atoms. The second-order valence-electron chi connectivity index (χ2n) is 5.38. The van der Waals surface area contributed by atoms with Crippen LogP contribution in [0.5, 0.6) is 11.8 Å². The molecule has 0 saturated carbocycles. The zero-order valence-electron chi connectivity index (χ0n) is 12.8. The molecule has 4 heteroatoms. The van der Waals surface area contributed by atoms with E-state index >= 15 is 0 Å². The van der Waals surface area contributed by atoms with Gasteiger partial charge in [0.25, 0.3) is 5.56 Å². The minimum Gasteiger partial charge on any atom is -0.426 e. The molecule has 1 N–H and O–H groups in total. The van der Waals surface area contributed by atoms with Crippen LogP contribution in [0.1, 0.15) is 0 Å². The Morgan fingerprint density at radius 3 is 2.21 bits per heavy atom. The normalized spacial score (nSPS) is 10.7. The van der Waals surface area contributed by atoms with Crippen molar-refractivity contribution in [2.45, 2.75) is 0 Å². The van der Waals surface area contributed by atoms with Crippen LogP contribution in [-0.4, -0.2) is 9.97 Å². The van der Waals surface area contributed by atoms with Gasteiger partial charge in [-0.2, -0.15) is 4.98 Å². The predicted octanol–water partition coefficient (Wildman–Crippen LogP) is 4.38. The average molecular weight is 314 g/mol. The summed E-state index contributed by atoms with van der Waals surface area (Å²) >= 11 is 0. The molecule has 0 amide bonds. The summed E-state index contributed by atoms with van der Waals surface area (Å²) < 4.78 is 5.69. The van der Waals surface area contributed by atoms with Gasteiger partial charge in [0.15, 0.2) is 0 Å². The quantitative estimate of drug-likeness (QED) is 0.610. The van der Waals surface area contributed by atoms with Gasteiger partial charge >= 0.3 is 6.01 Å². The molecule has 0 aliphatic carbocycles. The molecule has 0 bridgehead atoms. The largest absolute Gasteiger partial charge is 0.426 e. The number of ether oxygens (including phenoxy) is 1. The monoisotopic (exact) mass is 314 g/mol. The third-order valence-electron chi connectivity index (χ3n) is 3.77. The fraction of sp³-hybridized carbons (Fsp3) is 0. The van der Waals surface area contributed by atoms with Crippen molar-refractivity contribution >= 4 is 10.9 Å². The number of hydrogen-bond acceptors (Lipinski definition) is 3. The van der Waals surface area contributed by atoms with E-state index in [1.807, 2.05) is 54.6 Å². The number of benzene rings is 3. The van der Waals surface area contributed by atoms with Crippen LogP contribution in [0.4, 0.5) is 0 Å². The highest BCUT2D eigenvalue weighted by atomic mass is 16.5. The second kappa shape index (κ2) is 6.01. The van der Waals surface area contributed by atoms with Crippen LogP contribution in [0.2, 0.25) is 0 Å². The number of para-hydroxylation sites is 1. The van der Waals surface area contributed by atoms with Gasteiger partial charge < -0.3 is 4.74 Å². The van der Waals surface area contributed by atoms with E-state index in [2.05, 4.69) is 22.1 Å². The lowest BCUT2D eigenvalue weighted by Crippen LogP contribution is -2.09. The van der Waals surface area contributed by atoms with Crippen LogP contribution in [0, 0.1) is 0 Å². The molecule has 116 valence electrons. The molecule has 4 aromatic rings. The van der Waals surface area contributed by atoms with Gasteiger partial charge in [-0.3, -0.25) is 9.78 Å². The van der Waals surface area contributed by atoms with Crippen molar-refractivity contribution in [3.63, 3.8) is 0 Å². The highest BCUT2D eigenvalue weighted by Gasteiger charge is 2.05. The van der Waals surface area contributed by atoms with Gasteiger partial charge in [0.05, 0.1) is 10.9 Å². The van der Waals surface area contributed by atoms with E-state index < -0.39 is 0 Å². The first-order valence-electron chi connectivity index (χ1n) is 7.62. The topological polar surface area (TPSA) is 55.0 Å². The van der Waals surface area contributed by atoms with Gasteiger partial charge in [-0.25, -0.2) is 0 Å². The maximum Gasteiger partial charge on any atom is 0.302 e. The van der Waals surface area contributed by atoms with Crippen molar-refractivity contribution in [2.75, 3.05) is 0 Å². The first kappa shape index (κ1) is 14.2. The van der Waals surface area contributed by atoms with Crippen LogP contribution >= 0.6 is 0 Å². The molecule has 1 heterocycles. The summed E-state index contributed by atoms with van der Waals surface area (Å²) in [5, 5.41) is 0.546. The molecule has 1 aromatic heterocycles. The smallest absolute Gasteiger partial charge is 0.302 e. The number of H-pyrrole nitrogens is 1. The van der Waals surface area contributed by atoms with Crippen molar-refractivity contribution in [1.82, 2.24) is 9.97 Å². The molecule has 24 heavy (non-hydrogen) atoms. The molecular formula is C20H14N2O2. The fourth-order valence-corrected chi connectivity index (χ4v) is 2.57. The van der Waals surface area contributed by atoms with Crippen LogP contribution in [0.3, 0.4) is 0 Å². The maximum atomic E-state index is 12.1. The molecule has 0 aliphatic rings. The van der Waals surface area contributed by atoms with E-state index in [0.717, 1.165) is 11.1 Å². The Kier molecular flexibility index (Phi) is 3.56. The van der Waals surface area contributed by atoms with Crippen molar-refractivity contribution in [1.29, 1.82) is 0 Å². The maximum absolute atomic E-state index is 12.1. The molecule has 0 aliphatic heterocycles. The predicted molar refractivity (Wildman–Crippen MR) is 94.3 cm³/mol. The van der Waals surface area contributed by atoms with E-state index in [1.54, 1.807) is 12.1 Å². The van der Waals surface area contributed by atoms with Crippen LogP contribution in [0.25, 0.3) is 22.0 Å². The molecule has 0 unspecified atom stereocenters. The molecule has 0 saturated heterocycles. The van der Waals surface area contributed by atoms with Gasteiger partial charge in [-0.05, 0) is 35.4 Å². The second-order valence-corrected chi connectivity index (χ2v) is 5.38. The Morgan fingerprint density at radius 1 is 0.750 bits per heavy atom. The number of rotatable bonds is 3. The highest BCUT2D eigenvalue weighted by Crippen LogP contribution is 2.24. The lowest BCUT2D eigenvalue weighted by molar-refractivity contribution is 0.443. The fourth-order valence-electron chi connectivity index (χ4n) is 2.57. The first-order valence-corrected chi connectivity index (χ1v) is 7.62. The summed E-state index contributed by atoms with van der Waals surface area (Å²) in [6.45, 7) is 0. The standard InChI is InChI=1S/C20H14N2O2/c23-19-17-8-4-5-9-18(17)21-20(22-19)24-16-12-10-15(11-13-16)14-6-2-1-3-7-14/h1-13H,(H,21,22,23). The highest BCUT2D eigenvalue weighted by molar-refractivity contribution is 5.77. The number of nitrogens with one attached hydrogen (secondary N) is 1. The zero-order chi connectivity index (χ0) is 16.4. The SMILES string of the molecule is O=c1[nH]c(Oc2ccc(-c3ccccc3)cc2)nc2ccccc12. The van der Waals surface area contributed by atoms with E-state index in [4.69, 9.17) is 4.74 Å². The molecule has 0 fully saturated rings. The molecule has 3 aromatic carbocycles. The van der Waals surface area contributed by atoms with E-state index in [0.29, 0.717) is 16.7 Å². The number of aromatic nitrogens is 2. The van der Waals surface area contributed by atoms with Gasteiger partial charge in [-0.15, -0.1) is 0 Å². The van der Waals surface area contributed by atoms with Crippen molar-refractivity contribution < 1.29 is 4.74 Å². The Morgan fingerprint density at radius 2 is 1.42 bits per heavy atom. The molecule has 4 nitrogen and oxygen atoms in total. The van der Waals surface area contributed by atoms with E-state index in [9.17, 15) is 4.79 Å². The number of hydrogen-bond donors (Lipinski definition) is 1. The summed E-state index contributed by atoms with van der Waals surface area (Å²) in [7, 11) is 0. The summed E-state index contributed by atoms with van der Waals surface area (Å²) in [5.41, 5.74) is 2.64. The lowest BCUT2D eigenvalue weighted by atomic mass is 10.1. The van der Waals surface area contributed by atoms with Crippen LogP contribution in [0.15, 0.2) is 83.7 Å². The van der Waals surface area contributed by atoms with Gasteiger partial charge in [0.2, 0.25) is 0 Å². The average Bonchev–Trinajstić information content (AvgIpc) is 2.63. The molecule has 4 rings (SSSR count). The Hall–Kier alpha value is -3.40. The van der Waals surface area contributed by atoms with Gasteiger partial charge in [0.1, 0.15) is 5.75 Å².